The minimum Gasteiger partial charge on any atom is -0.482 e. The van der Waals surface area contributed by atoms with Crippen LogP contribution in [-0.2, 0) is 9.53 Å². The van der Waals surface area contributed by atoms with Gasteiger partial charge in [0.25, 0.3) is 5.91 Å². The molecule has 0 saturated carbocycles. The first-order valence-corrected chi connectivity index (χ1v) is 7.99. The first-order chi connectivity index (χ1) is 11.9. The lowest BCUT2D eigenvalue weighted by molar-refractivity contribution is -0.132. The van der Waals surface area contributed by atoms with Crippen LogP contribution < -0.4 is 10.4 Å². The Hall–Kier alpha value is -2.83. The van der Waals surface area contributed by atoms with Crippen LogP contribution in [0, 0.1) is 6.92 Å². The first kappa shape index (κ1) is 18.5. The van der Waals surface area contributed by atoms with Gasteiger partial charge in [0.15, 0.2) is 6.61 Å². The Bertz CT molecular complexity index is 851. The van der Waals surface area contributed by atoms with Crippen molar-refractivity contribution in [2.75, 3.05) is 26.8 Å². The van der Waals surface area contributed by atoms with E-state index in [2.05, 4.69) is 0 Å². The van der Waals surface area contributed by atoms with Crippen molar-refractivity contribution >= 4 is 22.8 Å². The van der Waals surface area contributed by atoms with E-state index < -0.39 is 11.6 Å². The molecule has 0 spiro atoms. The van der Waals surface area contributed by atoms with Gasteiger partial charge in [-0.25, -0.2) is 9.59 Å². The van der Waals surface area contributed by atoms with Crippen molar-refractivity contribution in [2.24, 2.45) is 0 Å². The van der Waals surface area contributed by atoms with Gasteiger partial charge in [0.2, 0.25) is 0 Å². The Morgan fingerprint density at radius 1 is 1.20 bits per heavy atom. The van der Waals surface area contributed by atoms with E-state index in [0.717, 1.165) is 0 Å². The Morgan fingerprint density at radius 3 is 2.48 bits per heavy atom. The van der Waals surface area contributed by atoms with Crippen molar-refractivity contribution in [1.82, 2.24) is 4.90 Å². The van der Waals surface area contributed by atoms with Gasteiger partial charge in [-0.3, -0.25) is 4.79 Å². The fraction of sp³-hybridized carbons (Fsp3) is 0.389. The zero-order valence-corrected chi connectivity index (χ0v) is 14.8. The summed E-state index contributed by atoms with van der Waals surface area (Å²) < 4.78 is 15.6. The number of rotatable bonds is 6. The SMILES string of the molecule is CCN(CC)C(=O)COc1c(C(=O)OC)ccc2oc(=O)cc(C)c12. The Kier molecular flexibility index (Phi) is 5.80. The van der Waals surface area contributed by atoms with Gasteiger partial charge in [0.1, 0.15) is 16.9 Å². The molecule has 0 fully saturated rings. The summed E-state index contributed by atoms with van der Waals surface area (Å²) in [4.78, 5) is 37.5. The molecular weight excluding hydrogens is 326 g/mol. The minimum absolute atomic E-state index is 0.166. The Balaban J connectivity index is 2.52. The van der Waals surface area contributed by atoms with Crippen molar-refractivity contribution in [3.05, 3.63) is 39.7 Å². The predicted octanol–water partition coefficient (Wildman–Crippen LogP) is 2.14. The van der Waals surface area contributed by atoms with Gasteiger partial charge in [0, 0.05) is 19.2 Å². The summed E-state index contributed by atoms with van der Waals surface area (Å²) in [7, 11) is 1.26. The van der Waals surface area contributed by atoms with E-state index in [0.29, 0.717) is 24.0 Å². The molecule has 1 heterocycles. The average molecular weight is 347 g/mol. The van der Waals surface area contributed by atoms with E-state index in [-0.39, 0.29) is 29.4 Å². The summed E-state index contributed by atoms with van der Waals surface area (Å²) in [6.45, 7) is 6.34. The standard InChI is InChI=1S/C18H21NO6/c1-5-19(6-2)14(20)10-24-17-12(18(22)23-4)7-8-13-16(17)11(3)9-15(21)25-13/h7-9H,5-6,10H2,1-4H3. The smallest absolute Gasteiger partial charge is 0.341 e. The number of likely N-dealkylation sites (N-methyl/N-ethyl adjacent to an activating group) is 1. The molecule has 7 heteroatoms. The highest BCUT2D eigenvalue weighted by Gasteiger charge is 2.21. The number of aryl methyl sites for hydroxylation is 1. The van der Waals surface area contributed by atoms with Crippen molar-refractivity contribution in [1.29, 1.82) is 0 Å². The van der Waals surface area contributed by atoms with Crippen molar-refractivity contribution in [3.8, 4) is 5.75 Å². The number of fused-ring (bicyclic) bond motifs is 1. The van der Waals surface area contributed by atoms with Gasteiger partial charge < -0.3 is 18.8 Å². The highest BCUT2D eigenvalue weighted by molar-refractivity contribution is 6.01. The predicted molar refractivity (Wildman–Crippen MR) is 92.0 cm³/mol. The van der Waals surface area contributed by atoms with Gasteiger partial charge in [-0.2, -0.15) is 0 Å². The van der Waals surface area contributed by atoms with Crippen molar-refractivity contribution in [3.63, 3.8) is 0 Å². The summed E-state index contributed by atoms with van der Waals surface area (Å²) in [6.07, 6.45) is 0. The van der Waals surface area contributed by atoms with Crippen molar-refractivity contribution in [2.45, 2.75) is 20.8 Å². The van der Waals surface area contributed by atoms with Gasteiger partial charge >= 0.3 is 11.6 Å². The largest absolute Gasteiger partial charge is 0.482 e. The Morgan fingerprint density at radius 2 is 1.88 bits per heavy atom. The molecule has 1 aromatic heterocycles. The lowest BCUT2D eigenvalue weighted by Crippen LogP contribution is -2.34. The molecule has 2 rings (SSSR count). The second-order valence-corrected chi connectivity index (χ2v) is 5.41. The molecule has 0 saturated heterocycles. The van der Waals surface area contributed by atoms with Gasteiger partial charge in [-0.1, -0.05) is 0 Å². The molecule has 0 bridgehead atoms. The molecule has 0 unspecified atom stereocenters. The van der Waals surface area contributed by atoms with Crippen LogP contribution in [0.2, 0.25) is 0 Å². The summed E-state index contributed by atoms with van der Waals surface area (Å²) in [6, 6.07) is 4.27. The van der Waals surface area contributed by atoms with Crippen LogP contribution in [0.5, 0.6) is 5.75 Å². The second-order valence-electron chi connectivity index (χ2n) is 5.41. The van der Waals surface area contributed by atoms with E-state index in [4.69, 9.17) is 13.9 Å². The fourth-order valence-corrected chi connectivity index (χ4v) is 2.63. The number of nitrogens with zero attached hydrogens (tertiary/aromatic N) is 1. The van der Waals surface area contributed by atoms with E-state index in [1.165, 1.54) is 25.3 Å². The molecule has 2 aromatic rings. The quantitative estimate of drug-likeness (QED) is 0.588. The Labute approximate surface area is 145 Å². The topological polar surface area (TPSA) is 86.1 Å². The molecular formula is C18H21NO6. The number of benzene rings is 1. The number of hydrogen-bond donors (Lipinski definition) is 0. The summed E-state index contributed by atoms with van der Waals surface area (Å²) in [5.74, 6) is -0.628. The molecule has 0 radical (unpaired) electrons. The van der Waals surface area contributed by atoms with Gasteiger partial charge in [0.05, 0.1) is 12.5 Å². The van der Waals surface area contributed by atoms with Crippen LogP contribution in [0.3, 0.4) is 0 Å². The third-order valence-corrected chi connectivity index (χ3v) is 3.92. The molecule has 0 aliphatic carbocycles. The van der Waals surface area contributed by atoms with Crippen LogP contribution in [-0.4, -0.2) is 43.6 Å². The van der Waals surface area contributed by atoms with Crippen LogP contribution in [0.25, 0.3) is 11.0 Å². The first-order valence-electron chi connectivity index (χ1n) is 7.99. The van der Waals surface area contributed by atoms with Crippen LogP contribution in [0.4, 0.5) is 0 Å². The molecule has 0 aliphatic rings. The highest BCUT2D eigenvalue weighted by atomic mass is 16.5. The van der Waals surface area contributed by atoms with E-state index in [1.54, 1.807) is 11.8 Å². The fourth-order valence-electron chi connectivity index (χ4n) is 2.63. The number of carbonyl (C=O) groups excluding carboxylic acids is 2. The molecule has 1 aromatic carbocycles. The van der Waals surface area contributed by atoms with E-state index >= 15 is 0 Å². The molecule has 134 valence electrons. The molecule has 0 aliphatic heterocycles. The summed E-state index contributed by atoms with van der Waals surface area (Å²) in [5, 5.41) is 0.467. The maximum absolute atomic E-state index is 12.2. The number of methoxy groups -OCH3 is 1. The third-order valence-electron chi connectivity index (χ3n) is 3.92. The summed E-state index contributed by atoms with van der Waals surface area (Å²) >= 11 is 0. The normalized spacial score (nSPS) is 10.6. The number of hydrogen-bond acceptors (Lipinski definition) is 6. The maximum atomic E-state index is 12.2. The number of carbonyl (C=O) groups is 2. The number of amides is 1. The monoisotopic (exact) mass is 347 g/mol. The molecule has 0 atom stereocenters. The highest BCUT2D eigenvalue weighted by Crippen LogP contribution is 2.32. The third kappa shape index (κ3) is 3.81. The zero-order chi connectivity index (χ0) is 18.6. The van der Waals surface area contributed by atoms with Gasteiger partial charge in [-0.15, -0.1) is 0 Å². The minimum atomic E-state index is -0.599. The average Bonchev–Trinajstić information content (AvgIpc) is 2.59. The van der Waals surface area contributed by atoms with Crippen LogP contribution >= 0.6 is 0 Å². The van der Waals surface area contributed by atoms with Crippen LogP contribution in [0.1, 0.15) is 29.8 Å². The zero-order valence-electron chi connectivity index (χ0n) is 14.8. The van der Waals surface area contributed by atoms with E-state index in [9.17, 15) is 14.4 Å². The molecule has 0 N–H and O–H groups in total. The molecule has 25 heavy (non-hydrogen) atoms. The number of esters is 1. The maximum Gasteiger partial charge on any atom is 0.341 e. The number of ether oxygens (including phenoxy) is 2. The lowest BCUT2D eigenvalue weighted by atomic mass is 10.1. The lowest BCUT2D eigenvalue weighted by Gasteiger charge is -2.20. The summed E-state index contributed by atoms with van der Waals surface area (Å²) in [5.41, 5.74) is 0.533. The molecule has 1 amide bonds. The van der Waals surface area contributed by atoms with Crippen LogP contribution in [0.15, 0.2) is 27.4 Å². The molecule has 7 nitrogen and oxygen atoms in total. The van der Waals surface area contributed by atoms with E-state index in [1.807, 2.05) is 13.8 Å². The second kappa shape index (κ2) is 7.83. The van der Waals surface area contributed by atoms with Crippen molar-refractivity contribution < 1.29 is 23.5 Å². The van der Waals surface area contributed by atoms with Gasteiger partial charge in [-0.05, 0) is 38.5 Å².